The van der Waals surface area contributed by atoms with Crippen LogP contribution >= 0.6 is 15.9 Å². The molecule has 0 saturated carbocycles. The van der Waals surface area contributed by atoms with Gasteiger partial charge in [-0.3, -0.25) is 4.79 Å². The fourth-order valence-electron chi connectivity index (χ4n) is 2.38. The van der Waals surface area contributed by atoms with Gasteiger partial charge in [0.15, 0.2) is 5.78 Å². The third-order valence-corrected chi connectivity index (χ3v) is 4.46. The molecule has 0 unspecified atom stereocenters. The van der Waals surface area contributed by atoms with Crippen LogP contribution in [0.4, 0.5) is 0 Å². The summed E-state index contributed by atoms with van der Waals surface area (Å²) in [7, 11) is 0. The van der Waals surface area contributed by atoms with Crippen molar-refractivity contribution in [2.45, 2.75) is 6.92 Å². The minimum atomic E-state index is -0.444. The number of ketones is 1. The number of hydrogen-bond donors (Lipinski definition) is 0. The van der Waals surface area contributed by atoms with E-state index in [1.54, 1.807) is 54.6 Å². The van der Waals surface area contributed by atoms with Gasteiger partial charge in [0.25, 0.3) is 0 Å². The standard InChI is InChI=1S/C23H17BrO3/c1-16-2-4-17(5-3-16)6-15-22(25)18-9-13-21(14-10-18)27-23(26)19-7-11-20(24)12-8-19/h2-15H,1H3/b15-6+. The van der Waals surface area contributed by atoms with Crippen LogP contribution in [0, 0.1) is 6.92 Å². The Morgan fingerprint density at radius 2 is 1.41 bits per heavy atom. The Morgan fingerprint density at radius 1 is 0.815 bits per heavy atom. The van der Waals surface area contributed by atoms with Crippen molar-refractivity contribution in [3.63, 3.8) is 0 Å². The van der Waals surface area contributed by atoms with E-state index in [1.807, 2.05) is 31.2 Å². The molecule has 0 aliphatic rings. The molecule has 0 N–H and O–H groups in total. The summed E-state index contributed by atoms with van der Waals surface area (Å²) in [4.78, 5) is 24.4. The van der Waals surface area contributed by atoms with Gasteiger partial charge in [0.1, 0.15) is 5.75 Å². The predicted molar refractivity (Wildman–Crippen MR) is 110 cm³/mol. The first kappa shape index (κ1) is 18.8. The zero-order valence-electron chi connectivity index (χ0n) is 14.7. The van der Waals surface area contributed by atoms with Crippen LogP contribution in [-0.4, -0.2) is 11.8 Å². The summed E-state index contributed by atoms with van der Waals surface area (Å²) in [6.07, 6.45) is 3.32. The molecular weight excluding hydrogens is 404 g/mol. The number of hydrogen-bond acceptors (Lipinski definition) is 3. The van der Waals surface area contributed by atoms with Crippen LogP contribution in [0.3, 0.4) is 0 Å². The summed E-state index contributed by atoms with van der Waals surface area (Å²) in [5.41, 5.74) is 3.13. The molecule has 0 amide bonds. The highest BCUT2D eigenvalue weighted by molar-refractivity contribution is 9.10. The average Bonchev–Trinajstić information content (AvgIpc) is 2.68. The predicted octanol–water partition coefficient (Wildman–Crippen LogP) is 5.87. The molecule has 0 aliphatic heterocycles. The van der Waals surface area contributed by atoms with Crippen molar-refractivity contribution in [3.05, 3.63) is 106 Å². The Kier molecular flexibility index (Phi) is 5.99. The molecule has 134 valence electrons. The lowest BCUT2D eigenvalue weighted by Crippen LogP contribution is -2.08. The van der Waals surface area contributed by atoms with Gasteiger partial charge in [-0.05, 0) is 67.1 Å². The van der Waals surface area contributed by atoms with Crippen LogP contribution in [0.1, 0.15) is 31.8 Å². The molecule has 4 heteroatoms. The van der Waals surface area contributed by atoms with Gasteiger partial charge in [-0.25, -0.2) is 4.79 Å². The van der Waals surface area contributed by atoms with Gasteiger partial charge in [0.05, 0.1) is 5.56 Å². The Labute approximate surface area is 166 Å². The molecule has 0 fully saturated rings. The fourth-order valence-corrected chi connectivity index (χ4v) is 2.65. The van der Waals surface area contributed by atoms with Gasteiger partial charge >= 0.3 is 5.97 Å². The maximum absolute atomic E-state index is 12.3. The second-order valence-electron chi connectivity index (χ2n) is 6.03. The molecule has 0 radical (unpaired) electrons. The second-order valence-corrected chi connectivity index (χ2v) is 6.94. The number of carbonyl (C=O) groups excluding carboxylic acids is 2. The molecule has 0 aromatic heterocycles. The number of esters is 1. The molecule has 3 aromatic rings. The lowest BCUT2D eigenvalue weighted by molar-refractivity contribution is 0.0734. The van der Waals surface area contributed by atoms with E-state index in [9.17, 15) is 9.59 Å². The molecular formula is C23H17BrO3. The van der Waals surface area contributed by atoms with E-state index < -0.39 is 5.97 Å². The van der Waals surface area contributed by atoms with Crippen molar-refractivity contribution < 1.29 is 14.3 Å². The number of aryl methyl sites for hydroxylation is 1. The third kappa shape index (κ3) is 5.25. The van der Waals surface area contributed by atoms with Crippen LogP contribution in [0.2, 0.25) is 0 Å². The topological polar surface area (TPSA) is 43.4 Å². The van der Waals surface area contributed by atoms with Crippen LogP contribution in [0.15, 0.2) is 83.3 Å². The average molecular weight is 421 g/mol. The van der Waals surface area contributed by atoms with Gasteiger partial charge in [-0.2, -0.15) is 0 Å². The van der Waals surface area contributed by atoms with Crippen molar-refractivity contribution in [2.75, 3.05) is 0 Å². The minimum Gasteiger partial charge on any atom is -0.423 e. The second kappa shape index (κ2) is 8.60. The molecule has 3 nitrogen and oxygen atoms in total. The molecule has 0 saturated heterocycles. The first-order chi connectivity index (χ1) is 13.0. The van der Waals surface area contributed by atoms with Crippen molar-refractivity contribution in [3.8, 4) is 5.75 Å². The van der Waals surface area contributed by atoms with Gasteiger partial charge < -0.3 is 4.74 Å². The van der Waals surface area contributed by atoms with Crippen LogP contribution in [-0.2, 0) is 0 Å². The maximum Gasteiger partial charge on any atom is 0.343 e. The zero-order chi connectivity index (χ0) is 19.2. The Morgan fingerprint density at radius 3 is 2.04 bits per heavy atom. The van der Waals surface area contributed by atoms with E-state index in [0.717, 1.165) is 10.0 Å². The summed E-state index contributed by atoms with van der Waals surface area (Å²) in [6.45, 7) is 2.02. The number of ether oxygens (including phenoxy) is 1. The monoisotopic (exact) mass is 420 g/mol. The summed E-state index contributed by atoms with van der Waals surface area (Å²) >= 11 is 3.32. The molecule has 0 heterocycles. The van der Waals surface area contributed by atoms with Gasteiger partial charge in [0, 0.05) is 10.0 Å². The lowest BCUT2D eigenvalue weighted by atomic mass is 10.1. The smallest absolute Gasteiger partial charge is 0.343 e. The number of benzene rings is 3. The largest absolute Gasteiger partial charge is 0.423 e. The first-order valence-electron chi connectivity index (χ1n) is 8.38. The maximum atomic E-state index is 12.3. The minimum absolute atomic E-state index is 0.110. The van der Waals surface area contributed by atoms with E-state index in [0.29, 0.717) is 16.9 Å². The van der Waals surface area contributed by atoms with Crippen LogP contribution < -0.4 is 4.74 Å². The molecule has 3 aromatic carbocycles. The highest BCUT2D eigenvalue weighted by Crippen LogP contribution is 2.17. The van der Waals surface area contributed by atoms with Gasteiger partial charge in [-0.1, -0.05) is 51.8 Å². The molecule has 0 aliphatic carbocycles. The van der Waals surface area contributed by atoms with Crippen molar-refractivity contribution >= 4 is 33.8 Å². The number of rotatable bonds is 5. The van der Waals surface area contributed by atoms with E-state index in [2.05, 4.69) is 15.9 Å². The Hall–Kier alpha value is -2.98. The number of carbonyl (C=O) groups is 2. The Bertz CT molecular complexity index is 970. The van der Waals surface area contributed by atoms with Crippen molar-refractivity contribution in [1.29, 1.82) is 0 Å². The molecule has 0 bridgehead atoms. The van der Waals surface area contributed by atoms with E-state index in [-0.39, 0.29) is 5.78 Å². The normalized spacial score (nSPS) is 10.7. The SMILES string of the molecule is Cc1ccc(/C=C/C(=O)c2ccc(OC(=O)c3ccc(Br)cc3)cc2)cc1. The zero-order valence-corrected chi connectivity index (χ0v) is 16.3. The quantitative estimate of drug-likeness (QED) is 0.224. The van der Waals surface area contributed by atoms with E-state index in [1.165, 1.54) is 11.6 Å². The number of allylic oxidation sites excluding steroid dienone is 1. The lowest BCUT2D eigenvalue weighted by Gasteiger charge is -2.05. The fraction of sp³-hybridized carbons (Fsp3) is 0.0435. The van der Waals surface area contributed by atoms with E-state index in [4.69, 9.17) is 4.74 Å². The van der Waals surface area contributed by atoms with Crippen LogP contribution in [0.5, 0.6) is 5.75 Å². The first-order valence-corrected chi connectivity index (χ1v) is 9.17. The molecule has 0 spiro atoms. The molecule has 0 atom stereocenters. The molecule has 3 rings (SSSR count). The van der Waals surface area contributed by atoms with E-state index >= 15 is 0 Å². The Balaban J connectivity index is 1.64. The summed E-state index contributed by atoms with van der Waals surface area (Å²) in [5.74, 6) is -0.163. The highest BCUT2D eigenvalue weighted by Gasteiger charge is 2.09. The van der Waals surface area contributed by atoms with Crippen molar-refractivity contribution in [2.24, 2.45) is 0 Å². The van der Waals surface area contributed by atoms with Gasteiger partial charge in [-0.15, -0.1) is 0 Å². The van der Waals surface area contributed by atoms with Gasteiger partial charge in [0.2, 0.25) is 0 Å². The highest BCUT2D eigenvalue weighted by atomic mass is 79.9. The third-order valence-electron chi connectivity index (χ3n) is 3.93. The number of halogens is 1. The van der Waals surface area contributed by atoms with Crippen LogP contribution in [0.25, 0.3) is 6.08 Å². The molecule has 27 heavy (non-hydrogen) atoms. The van der Waals surface area contributed by atoms with Crippen molar-refractivity contribution in [1.82, 2.24) is 0 Å². The summed E-state index contributed by atoms with van der Waals surface area (Å²) in [6, 6.07) is 21.4. The summed E-state index contributed by atoms with van der Waals surface area (Å²) < 4.78 is 6.22. The summed E-state index contributed by atoms with van der Waals surface area (Å²) in [5, 5.41) is 0.